The van der Waals surface area contributed by atoms with Crippen LogP contribution in [0, 0.1) is 12.8 Å². The van der Waals surface area contributed by atoms with Gasteiger partial charge in [-0.05, 0) is 37.3 Å². The first kappa shape index (κ1) is 15.8. The van der Waals surface area contributed by atoms with E-state index in [1.807, 2.05) is 31.2 Å². The van der Waals surface area contributed by atoms with Gasteiger partial charge < -0.3 is 14.6 Å². The van der Waals surface area contributed by atoms with Gasteiger partial charge in [0.15, 0.2) is 0 Å². The summed E-state index contributed by atoms with van der Waals surface area (Å²) in [5, 5.41) is 3.92. The van der Waals surface area contributed by atoms with Crippen molar-refractivity contribution < 1.29 is 14.0 Å². The van der Waals surface area contributed by atoms with Crippen LogP contribution in [0.2, 0.25) is 0 Å². The third-order valence-electron chi connectivity index (χ3n) is 4.27. The maximum atomic E-state index is 12.5. The fourth-order valence-electron chi connectivity index (χ4n) is 3.05. The highest BCUT2D eigenvalue weighted by Crippen LogP contribution is 2.26. The molecule has 25 heavy (non-hydrogen) atoms. The zero-order valence-corrected chi connectivity index (χ0v) is 14.5. The van der Waals surface area contributed by atoms with Crippen molar-refractivity contribution in [3.05, 3.63) is 47.4 Å². The second kappa shape index (κ2) is 6.33. The molecule has 0 aliphatic carbocycles. The molecule has 128 valence electrons. The number of fused-ring (bicyclic) bond motifs is 1. The summed E-state index contributed by atoms with van der Waals surface area (Å²) in [6.07, 6.45) is 1.81. The molecule has 3 aromatic rings. The zero-order chi connectivity index (χ0) is 17.4. The van der Waals surface area contributed by atoms with Crippen LogP contribution in [-0.2, 0) is 16.1 Å². The number of nitrogens with one attached hydrogen (secondary N) is 1. The van der Waals surface area contributed by atoms with Gasteiger partial charge in [0.25, 0.3) is 0 Å². The number of thiazole rings is 1. The van der Waals surface area contributed by atoms with Gasteiger partial charge in [-0.25, -0.2) is 4.98 Å². The van der Waals surface area contributed by atoms with Gasteiger partial charge in [-0.3, -0.25) is 9.59 Å². The zero-order valence-electron chi connectivity index (χ0n) is 13.7. The Kier molecular flexibility index (Phi) is 4.01. The summed E-state index contributed by atoms with van der Waals surface area (Å²) in [6, 6.07) is 9.29. The first-order valence-corrected chi connectivity index (χ1v) is 8.88. The van der Waals surface area contributed by atoms with Gasteiger partial charge in [0.1, 0.15) is 5.76 Å². The van der Waals surface area contributed by atoms with E-state index >= 15 is 0 Å². The van der Waals surface area contributed by atoms with Crippen LogP contribution in [0.3, 0.4) is 0 Å². The van der Waals surface area contributed by atoms with Gasteiger partial charge in [-0.15, -0.1) is 11.3 Å². The van der Waals surface area contributed by atoms with Crippen LogP contribution in [-0.4, -0.2) is 28.2 Å². The summed E-state index contributed by atoms with van der Waals surface area (Å²) in [5.74, 6) is 0.225. The average molecular weight is 355 g/mol. The molecule has 7 heteroatoms. The minimum atomic E-state index is -0.346. The van der Waals surface area contributed by atoms with Crippen LogP contribution in [0.4, 0.5) is 5.69 Å². The number of carbonyl (C=O) groups excluding carboxylic acids is 2. The number of aromatic nitrogens is 1. The Bertz CT molecular complexity index is 932. The molecule has 4 rings (SSSR count). The number of furan rings is 1. The van der Waals surface area contributed by atoms with E-state index < -0.39 is 0 Å². The second-order valence-electron chi connectivity index (χ2n) is 6.16. The Morgan fingerprint density at radius 1 is 1.44 bits per heavy atom. The number of hydrogen-bond donors (Lipinski definition) is 1. The van der Waals surface area contributed by atoms with Crippen molar-refractivity contribution in [2.45, 2.75) is 19.9 Å². The van der Waals surface area contributed by atoms with E-state index in [2.05, 4.69) is 10.3 Å². The molecule has 1 aliphatic heterocycles. The largest absolute Gasteiger partial charge is 0.467 e. The van der Waals surface area contributed by atoms with Crippen molar-refractivity contribution >= 4 is 39.1 Å². The van der Waals surface area contributed by atoms with Gasteiger partial charge in [0, 0.05) is 18.7 Å². The highest BCUT2D eigenvalue weighted by molar-refractivity contribution is 7.18. The van der Waals surface area contributed by atoms with Gasteiger partial charge in [-0.2, -0.15) is 0 Å². The lowest BCUT2D eigenvalue weighted by atomic mass is 10.1. The number of rotatable bonds is 4. The highest BCUT2D eigenvalue weighted by Gasteiger charge is 2.34. The van der Waals surface area contributed by atoms with Crippen molar-refractivity contribution in [3.63, 3.8) is 0 Å². The smallest absolute Gasteiger partial charge is 0.229 e. The lowest BCUT2D eigenvalue weighted by molar-refractivity contribution is -0.128. The molecule has 0 spiro atoms. The molecular weight excluding hydrogens is 338 g/mol. The van der Waals surface area contributed by atoms with Crippen molar-refractivity contribution in [1.29, 1.82) is 0 Å². The van der Waals surface area contributed by atoms with Crippen molar-refractivity contribution in [2.75, 3.05) is 11.9 Å². The molecule has 0 unspecified atom stereocenters. The normalized spacial score (nSPS) is 17.4. The maximum absolute atomic E-state index is 12.5. The molecule has 1 aromatic carbocycles. The molecule has 2 amide bonds. The molecule has 1 N–H and O–H groups in total. The standard InChI is InChI=1S/C18H17N3O3S/c1-11-19-15-5-4-13(8-16(15)25-11)20-18(23)12-7-17(22)21(9-12)10-14-3-2-6-24-14/h2-6,8,12H,7,9-10H2,1H3,(H,20,23)/t12-/m1/s1. The Balaban J connectivity index is 1.42. The Hall–Kier alpha value is -2.67. The minimum Gasteiger partial charge on any atom is -0.467 e. The first-order chi connectivity index (χ1) is 12.1. The third-order valence-corrected chi connectivity index (χ3v) is 5.21. The van der Waals surface area contributed by atoms with Crippen LogP contribution in [0.15, 0.2) is 41.0 Å². The number of likely N-dealkylation sites (tertiary alicyclic amines) is 1. The number of aryl methyl sites for hydroxylation is 1. The third kappa shape index (κ3) is 3.28. The fraction of sp³-hybridized carbons (Fsp3) is 0.278. The lowest BCUT2D eigenvalue weighted by Gasteiger charge is -2.15. The molecule has 1 atom stereocenters. The van der Waals surface area contributed by atoms with Crippen molar-refractivity contribution in [3.8, 4) is 0 Å². The maximum Gasteiger partial charge on any atom is 0.229 e. The Morgan fingerprint density at radius 3 is 3.12 bits per heavy atom. The van der Waals surface area contributed by atoms with Crippen LogP contribution in [0.5, 0.6) is 0 Å². The quantitative estimate of drug-likeness (QED) is 0.780. The van der Waals surface area contributed by atoms with Crippen LogP contribution < -0.4 is 5.32 Å². The molecule has 0 saturated carbocycles. The summed E-state index contributed by atoms with van der Waals surface area (Å²) in [6.45, 7) is 2.77. The minimum absolute atomic E-state index is 0.0231. The van der Waals surface area contributed by atoms with E-state index in [1.165, 1.54) is 0 Å². The summed E-state index contributed by atoms with van der Waals surface area (Å²) in [4.78, 5) is 30.7. The molecule has 1 saturated heterocycles. The lowest BCUT2D eigenvalue weighted by Crippen LogP contribution is -2.27. The van der Waals surface area contributed by atoms with Crippen LogP contribution in [0.1, 0.15) is 17.2 Å². The number of carbonyl (C=O) groups is 2. The fourth-order valence-corrected chi connectivity index (χ4v) is 3.92. The summed E-state index contributed by atoms with van der Waals surface area (Å²) >= 11 is 1.59. The van der Waals surface area contributed by atoms with Gasteiger partial charge in [0.2, 0.25) is 11.8 Å². The highest BCUT2D eigenvalue weighted by atomic mass is 32.1. The molecule has 0 bridgehead atoms. The summed E-state index contributed by atoms with van der Waals surface area (Å²) in [5.41, 5.74) is 1.67. The van der Waals surface area contributed by atoms with Gasteiger partial charge in [-0.1, -0.05) is 0 Å². The van der Waals surface area contributed by atoms with Gasteiger partial charge in [0.05, 0.1) is 34.0 Å². The first-order valence-electron chi connectivity index (χ1n) is 8.07. The number of amides is 2. The molecule has 0 radical (unpaired) electrons. The van der Waals surface area contributed by atoms with E-state index in [1.54, 1.807) is 28.6 Å². The van der Waals surface area contributed by atoms with E-state index in [4.69, 9.17) is 4.42 Å². The SMILES string of the molecule is Cc1nc2ccc(NC(=O)[C@@H]3CC(=O)N(Cc4ccco4)C3)cc2s1. The predicted octanol–water partition coefficient (Wildman–Crippen LogP) is 3.18. The Morgan fingerprint density at radius 2 is 2.32 bits per heavy atom. The number of anilines is 1. The van der Waals surface area contributed by atoms with Crippen molar-refractivity contribution in [2.24, 2.45) is 5.92 Å². The van der Waals surface area contributed by atoms with E-state index in [9.17, 15) is 9.59 Å². The topological polar surface area (TPSA) is 75.4 Å². The number of hydrogen-bond acceptors (Lipinski definition) is 5. The van der Waals surface area contributed by atoms with Crippen molar-refractivity contribution in [1.82, 2.24) is 9.88 Å². The molecule has 6 nitrogen and oxygen atoms in total. The van der Waals surface area contributed by atoms with Crippen LogP contribution >= 0.6 is 11.3 Å². The molecule has 1 aliphatic rings. The predicted molar refractivity (Wildman–Crippen MR) is 95.2 cm³/mol. The summed E-state index contributed by atoms with van der Waals surface area (Å²) < 4.78 is 6.32. The molecule has 1 fully saturated rings. The molecular formula is C18H17N3O3S. The van der Waals surface area contributed by atoms with E-state index in [0.717, 1.165) is 26.7 Å². The van der Waals surface area contributed by atoms with E-state index in [-0.39, 0.29) is 24.2 Å². The number of nitrogens with zero attached hydrogens (tertiary/aromatic N) is 2. The van der Waals surface area contributed by atoms with E-state index in [0.29, 0.717) is 13.1 Å². The number of benzene rings is 1. The average Bonchev–Trinajstić information content (AvgIpc) is 3.28. The Labute approximate surface area is 148 Å². The second-order valence-corrected chi connectivity index (χ2v) is 7.39. The summed E-state index contributed by atoms with van der Waals surface area (Å²) in [7, 11) is 0. The monoisotopic (exact) mass is 355 g/mol. The van der Waals surface area contributed by atoms with Crippen LogP contribution in [0.25, 0.3) is 10.2 Å². The molecule has 2 aromatic heterocycles. The molecule has 3 heterocycles. The van der Waals surface area contributed by atoms with Gasteiger partial charge >= 0.3 is 0 Å².